The molecule has 0 aliphatic carbocycles. The van der Waals surface area contributed by atoms with Gasteiger partial charge >= 0.3 is 17.9 Å². The minimum Gasteiger partial charge on any atom is -0.462 e. The smallest absolute Gasteiger partial charge is 0.306 e. The number of likely N-dealkylation sites (N-methyl/N-ethyl adjacent to an activating group) is 1. The van der Waals surface area contributed by atoms with Gasteiger partial charge in [0.2, 0.25) is 11.8 Å². The molecule has 1 unspecified atom stereocenters. The molecule has 0 rings (SSSR count). The topological polar surface area (TPSA) is 165 Å². The Bertz CT molecular complexity index is 1050. The van der Waals surface area contributed by atoms with Crippen molar-refractivity contribution in [2.75, 3.05) is 66.4 Å². The van der Waals surface area contributed by atoms with Crippen molar-refractivity contribution in [3.05, 3.63) is 0 Å². The molecule has 2 N–H and O–H groups in total. The lowest BCUT2D eigenvalue weighted by atomic mass is 10.0. The highest BCUT2D eigenvalue weighted by molar-refractivity contribution is 5.81. The standard InChI is InChI=1S/C48H90N2O11/c1-4-6-8-10-12-14-16-18-20-22-24-26-28-30-46(53)59-40-43(61-48(55)31-29-27-25-23-21-19-17-15-13-11-9-7-5-2)41-60-47(54)33-32-44(51)50-34-35-56-36-37-57-38-39-58-42-45(52)49-3/h43H,4-42H2,1-3H3,(H,49,52)(H,50,51). The molecular formula is C48H90N2O11. The molecule has 13 nitrogen and oxygen atoms in total. The Labute approximate surface area is 370 Å². The third-order valence-corrected chi connectivity index (χ3v) is 10.5. The van der Waals surface area contributed by atoms with Gasteiger partial charge in [0.15, 0.2) is 6.10 Å². The molecule has 0 radical (unpaired) electrons. The van der Waals surface area contributed by atoms with E-state index in [9.17, 15) is 24.0 Å². The summed E-state index contributed by atoms with van der Waals surface area (Å²) in [4.78, 5) is 61.1. The summed E-state index contributed by atoms with van der Waals surface area (Å²) < 4.78 is 32.4. The number of ether oxygens (including phenoxy) is 6. The van der Waals surface area contributed by atoms with E-state index in [1.165, 1.54) is 128 Å². The van der Waals surface area contributed by atoms with Crippen molar-refractivity contribution in [2.45, 2.75) is 213 Å². The van der Waals surface area contributed by atoms with Gasteiger partial charge in [-0.25, -0.2) is 0 Å². The molecule has 0 spiro atoms. The number of unbranched alkanes of at least 4 members (excludes halogenated alkanes) is 24. The van der Waals surface area contributed by atoms with Crippen LogP contribution in [0.2, 0.25) is 0 Å². The first-order valence-corrected chi connectivity index (χ1v) is 24.5. The van der Waals surface area contributed by atoms with Gasteiger partial charge in [0.05, 0.1) is 39.5 Å². The Kier molecular flexibility index (Phi) is 44.6. The van der Waals surface area contributed by atoms with Crippen LogP contribution in [0.15, 0.2) is 0 Å². The predicted octanol–water partition coefficient (Wildman–Crippen LogP) is 9.64. The number of esters is 3. The lowest BCUT2D eigenvalue weighted by molar-refractivity contribution is -0.167. The number of carbonyl (C=O) groups excluding carboxylic acids is 5. The molecule has 0 saturated carbocycles. The zero-order valence-electron chi connectivity index (χ0n) is 39.1. The number of rotatable bonds is 47. The van der Waals surface area contributed by atoms with Crippen molar-refractivity contribution in [3.63, 3.8) is 0 Å². The second kappa shape index (κ2) is 46.7. The van der Waals surface area contributed by atoms with Crippen LogP contribution in [-0.2, 0) is 52.4 Å². The Morgan fingerprint density at radius 1 is 0.410 bits per heavy atom. The summed E-state index contributed by atoms with van der Waals surface area (Å²) >= 11 is 0. The van der Waals surface area contributed by atoms with Crippen molar-refractivity contribution >= 4 is 29.7 Å². The van der Waals surface area contributed by atoms with E-state index >= 15 is 0 Å². The SMILES string of the molecule is CCCCCCCCCCCCCCCC(=O)OCC(COC(=O)CCC(=O)NCCOCCOCCOCC(=O)NC)OC(=O)CCCCCCCCCCCCCCC. The number of hydrogen-bond acceptors (Lipinski definition) is 11. The van der Waals surface area contributed by atoms with Gasteiger partial charge in [-0.05, 0) is 12.8 Å². The van der Waals surface area contributed by atoms with Crippen LogP contribution >= 0.6 is 0 Å². The molecule has 61 heavy (non-hydrogen) atoms. The van der Waals surface area contributed by atoms with Crippen LogP contribution in [0.1, 0.15) is 206 Å². The van der Waals surface area contributed by atoms with Gasteiger partial charge in [-0.1, -0.05) is 168 Å². The predicted molar refractivity (Wildman–Crippen MR) is 241 cm³/mol. The molecule has 0 heterocycles. The summed E-state index contributed by atoms with van der Waals surface area (Å²) in [5.41, 5.74) is 0. The zero-order valence-corrected chi connectivity index (χ0v) is 39.1. The fourth-order valence-electron chi connectivity index (χ4n) is 6.69. The lowest BCUT2D eigenvalue weighted by Crippen LogP contribution is -2.31. The van der Waals surface area contributed by atoms with E-state index in [1.54, 1.807) is 7.05 Å². The molecular weight excluding hydrogens is 781 g/mol. The number of carbonyl (C=O) groups is 5. The van der Waals surface area contributed by atoms with Crippen LogP contribution in [-0.4, -0.2) is 102 Å². The molecule has 358 valence electrons. The van der Waals surface area contributed by atoms with Crippen LogP contribution in [0, 0.1) is 0 Å². The van der Waals surface area contributed by atoms with Gasteiger partial charge in [0.1, 0.15) is 19.8 Å². The molecule has 0 fully saturated rings. The van der Waals surface area contributed by atoms with Crippen molar-refractivity contribution in [2.24, 2.45) is 0 Å². The molecule has 0 aliphatic heterocycles. The average Bonchev–Trinajstić information content (AvgIpc) is 3.25. The monoisotopic (exact) mass is 871 g/mol. The van der Waals surface area contributed by atoms with E-state index in [-0.39, 0.29) is 70.0 Å². The maximum Gasteiger partial charge on any atom is 0.306 e. The van der Waals surface area contributed by atoms with Gasteiger partial charge in [0, 0.05) is 32.9 Å². The lowest BCUT2D eigenvalue weighted by Gasteiger charge is -2.18. The van der Waals surface area contributed by atoms with Crippen molar-refractivity contribution in [1.29, 1.82) is 0 Å². The molecule has 0 aliphatic rings. The summed E-state index contributed by atoms with van der Waals surface area (Å²) in [6.07, 6.45) is 31.0. The van der Waals surface area contributed by atoms with E-state index in [0.29, 0.717) is 39.3 Å². The van der Waals surface area contributed by atoms with Crippen molar-refractivity contribution in [1.82, 2.24) is 10.6 Å². The molecule has 2 amide bonds. The van der Waals surface area contributed by atoms with Gasteiger partial charge in [-0.3, -0.25) is 24.0 Å². The van der Waals surface area contributed by atoms with E-state index in [2.05, 4.69) is 24.5 Å². The number of nitrogens with one attached hydrogen (secondary N) is 2. The molecule has 0 aromatic rings. The largest absolute Gasteiger partial charge is 0.462 e. The van der Waals surface area contributed by atoms with Crippen molar-refractivity contribution in [3.8, 4) is 0 Å². The summed E-state index contributed by atoms with van der Waals surface area (Å²) in [7, 11) is 1.54. The van der Waals surface area contributed by atoms with Crippen LogP contribution in [0.5, 0.6) is 0 Å². The van der Waals surface area contributed by atoms with Crippen LogP contribution in [0.4, 0.5) is 0 Å². The average molecular weight is 871 g/mol. The number of amides is 2. The van der Waals surface area contributed by atoms with Crippen LogP contribution in [0.3, 0.4) is 0 Å². The zero-order chi connectivity index (χ0) is 44.7. The molecule has 0 aromatic heterocycles. The summed E-state index contributed by atoms with van der Waals surface area (Å²) in [5.74, 6) is -1.90. The maximum absolute atomic E-state index is 12.7. The van der Waals surface area contributed by atoms with E-state index in [4.69, 9.17) is 28.4 Å². The number of hydrogen-bond donors (Lipinski definition) is 2. The quantitative estimate of drug-likeness (QED) is 0.0340. The molecule has 0 saturated heterocycles. The van der Waals surface area contributed by atoms with Crippen LogP contribution in [0.25, 0.3) is 0 Å². The molecule has 1 atom stereocenters. The van der Waals surface area contributed by atoms with E-state index in [1.807, 2.05) is 0 Å². The summed E-state index contributed by atoms with van der Waals surface area (Å²) in [6.45, 7) is 5.88. The van der Waals surface area contributed by atoms with Crippen molar-refractivity contribution < 1.29 is 52.4 Å². The Hall–Kier alpha value is -2.77. The van der Waals surface area contributed by atoms with E-state index < -0.39 is 18.0 Å². The Morgan fingerprint density at radius 2 is 0.787 bits per heavy atom. The van der Waals surface area contributed by atoms with Gasteiger partial charge in [-0.15, -0.1) is 0 Å². The minimum atomic E-state index is -0.918. The Balaban J connectivity index is 4.41. The Morgan fingerprint density at radius 3 is 1.23 bits per heavy atom. The highest BCUT2D eigenvalue weighted by Crippen LogP contribution is 2.15. The van der Waals surface area contributed by atoms with Crippen LogP contribution < -0.4 is 10.6 Å². The first kappa shape index (κ1) is 58.2. The molecule has 13 heteroatoms. The first-order chi connectivity index (χ1) is 29.8. The highest BCUT2D eigenvalue weighted by Gasteiger charge is 2.20. The van der Waals surface area contributed by atoms with Gasteiger partial charge in [-0.2, -0.15) is 0 Å². The summed E-state index contributed by atoms with van der Waals surface area (Å²) in [5, 5.41) is 5.16. The molecule has 0 bridgehead atoms. The summed E-state index contributed by atoms with van der Waals surface area (Å²) in [6, 6.07) is 0. The van der Waals surface area contributed by atoms with Gasteiger partial charge < -0.3 is 39.1 Å². The molecule has 0 aromatic carbocycles. The maximum atomic E-state index is 12.7. The fourth-order valence-corrected chi connectivity index (χ4v) is 6.69. The fraction of sp³-hybridized carbons (Fsp3) is 0.896. The minimum absolute atomic E-state index is 0.0138. The highest BCUT2D eigenvalue weighted by atomic mass is 16.6. The third kappa shape index (κ3) is 45.1. The third-order valence-electron chi connectivity index (χ3n) is 10.5. The second-order valence-corrected chi connectivity index (χ2v) is 16.3. The first-order valence-electron chi connectivity index (χ1n) is 24.5. The van der Waals surface area contributed by atoms with Gasteiger partial charge in [0.25, 0.3) is 0 Å². The second-order valence-electron chi connectivity index (χ2n) is 16.3. The normalized spacial score (nSPS) is 11.6. The van der Waals surface area contributed by atoms with E-state index in [0.717, 1.165) is 32.1 Å².